The molecule has 4 aromatic carbocycles. The molecule has 5 aromatic rings. The molecule has 1 aromatic heterocycles. The first-order valence-corrected chi connectivity index (χ1v) is 14.6. The highest BCUT2D eigenvalue weighted by atomic mass is 31.2. The lowest BCUT2D eigenvalue weighted by Crippen LogP contribution is -2.44. The summed E-state index contributed by atoms with van der Waals surface area (Å²) in [6.07, 6.45) is 0.649. The van der Waals surface area contributed by atoms with Gasteiger partial charge in [0, 0.05) is 19.5 Å². The van der Waals surface area contributed by atoms with Gasteiger partial charge in [-0.05, 0) is 42.0 Å². The van der Waals surface area contributed by atoms with Gasteiger partial charge in [0.15, 0.2) is 7.26 Å². The Hall–Kier alpha value is -3.72. The fourth-order valence-electron chi connectivity index (χ4n) is 5.15. The maximum absolute atomic E-state index is 6.72. The lowest BCUT2D eigenvalue weighted by molar-refractivity contribution is 0.120. The summed E-state index contributed by atoms with van der Waals surface area (Å²) in [6, 6.07) is 43.0. The molecule has 1 aliphatic heterocycles. The van der Waals surface area contributed by atoms with E-state index in [0.717, 1.165) is 30.3 Å². The molecule has 1 fully saturated rings. The minimum atomic E-state index is -2.38. The predicted octanol–water partition coefficient (Wildman–Crippen LogP) is 4.72. The van der Waals surface area contributed by atoms with Gasteiger partial charge in [0.1, 0.15) is 15.9 Å². The second-order valence-electron chi connectivity index (χ2n) is 9.18. The number of anilines is 1. The summed E-state index contributed by atoms with van der Waals surface area (Å²) in [7, 11) is -2.38. The highest BCUT2D eigenvalue weighted by molar-refractivity contribution is 8.01. The monoisotopic (exact) mass is 505 g/mol. The van der Waals surface area contributed by atoms with E-state index in [1.807, 2.05) is 6.07 Å². The van der Waals surface area contributed by atoms with Crippen molar-refractivity contribution in [3.05, 3.63) is 133 Å². The standard InChI is InChI=1S/C32H30N2O2P/c1-5-13-26(14-6-1)25-30-33-31(32(36-30)34-21-23-35-24-22-34)37(27-15-7-2-8-16-27,28-17-9-3-10-18-28)29-19-11-4-12-20-29/h1-20H,21-25H2/q+1. The van der Waals surface area contributed by atoms with Crippen LogP contribution in [0.25, 0.3) is 0 Å². The van der Waals surface area contributed by atoms with E-state index in [2.05, 4.69) is 120 Å². The molecule has 184 valence electrons. The van der Waals surface area contributed by atoms with Gasteiger partial charge < -0.3 is 14.1 Å². The largest absolute Gasteiger partial charge is 0.420 e. The van der Waals surface area contributed by atoms with Gasteiger partial charge in [-0.25, -0.2) is 0 Å². The molecule has 0 radical (unpaired) electrons. The van der Waals surface area contributed by atoms with Gasteiger partial charge in [0.25, 0.3) is 11.3 Å². The van der Waals surface area contributed by atoms with Gasteiger partial charge in [0.2, 0.25) is 5.89 Å². The van der Waals surface area contributed by atoms with Gasteiger partial charge in [-0.1, -0.05) is 84.9 Å². The zero-order valence-corrected chi connectivity index (χ0v) is 21.6. The topological polar surface area (TPSA) is 38.5 Å². The Bertz CT molecular complexity index is 1320. The highest BCUT2D eigenvalue weighted by Crippen LogP contribution is 2.56. The number of rotatable bonds is 7. The van der Waals surface area contributed by atoms with Crippen molar-refractivity contribution in [2.24, 2.45) is 0 Å². The molecule has 0 N–H and O–H groups in total. The highest BCUT2D eigenvalue weighted by Gasteiger charge is 2.53. The van der Waals surface area contributed by atoms with E-state index >= 15 is 0 Å². The van der Waals surface area contributed by atoms with Gasteiger partial charge in [0.05, 0.1) is 13.2 Å². The molecular formula is C32H30N2O2P+. The van der Waals surface area contributed by atoms with Crippen LogP contribution in [0.15, 0.2) is 126 Å². The summed E-state index contributed by atoms with van der Waals surface area (Å²) in [5, 5.41) is 3.80. The van der Waals surface area contributed by atoms with E-state index in [1.165, 1.54) is 21.5 Å². The molecule has 37 heavy (non-hydrogen) atoms. The Balaban J connectivity index is 1.64. The second-order valence-corrected chi connectivity index (χ2v) is 12.5. The number of aromatic nitrogens is 1. The summed E-state index contributed by atoms with van der Waals surface area (Å²) >= 11 is 0. The lowest BCUT2D eigenvalue weighted by Gasteiger charge is -2.30. The van der Waals surface area contributed by atoms with Gasteiger partial charge in [-0.2, -0.15) is 4.98 Å². The van der Waals surface area contributed by atoms with Crippen molar-refractivity contribution in [2.45, 2.75) is 6.42 Å². The van der Waals surface area contributed by atoms with E-state index in [-0.39, 0.29) is 0 Å². The second kappa shape index (κ2) is 10.7. The van der Waals surface area contributed by atoms with Crippen LogP contribution >= 0.6 is 7.26 Å². The molecule has 1 aliphatic rings. The first-order chi connectivity index (χ1) is 18.4. The van der Waals surface area contributed by atoms with Crippen molar-refractivity contribution < 1.29 is 9.15 Å². The van der Waals surface area contributed by atoms with Crippen LogP contribution in [0, 0.1) is 0 Å². The van der Waals surface area contributed by atoms with Crippen molar-refractivity contribution in [1.82, 2.24) is 4.98 Å². The third kappa shape index (κ3) is 4.59. The molecule has 1 saturated heterocycles. The Morgan fingerprint density at radius 3 is 1.57 bits per heavy atom. The Kier molecular flexibility index (Phi) is 6.86. The third-order valence-corrected chi connectivity index (χ3v) is 11.0. The smallest absolute Gasteiger partial charge is 0.261 e. The molecule has 0 atom stereocenters. The van der Waals surface area contributed by atoms with Crippen LogP contribution in [0.4, 0.5) is 5.88 Å². The van der Waals surface area contributed by atoms with Crippen molar-refractivity contribution in [1.29, 1.82) is 0 Å². The third-order valence-electron chi connectivity index (χ3n) is 6.88. The molecule has 0 aliphatic carbocycles. The Morgan fingerprint density at radius 2 is 1.08 bits per heavy atom. The van der Waals surface area contributed by atoms with Crippen LogP contribution in [0.1, 0.15) is 11.5 Å². The zero-order valence-electron chi connectivity index (χ0n) is 20.7. The first kappa shape index (κ1) is 23.7. The number of morpholine rings is 1. The summed E-state index contributed by atoms with van der Waals surface area (Å²) in [4.78, 5) is 7.71. The number of benzene rings is 4. The molecule has 6 rings (SSSR count). The predicted molar refractivity (Wildman–Crippen MR) is 154 cm³/mol. The van der Waals surface area contributed by atoms with Crippen LogP contribution < -0.4 is 26.2 Å². The maximum Gasteiger partial charge on any atom is 0.261 e. The van der Waals surface area contributed by atoms with Gasteiger partial charge in [-0.3, -0.25) is 0 Å². The summed E-state index contributed by atoms with van der Waals surface area (Å²) < 4.78 is 12.4. The average Bonchev–Trinajstić information content (AvgIpc) is 3.40. The Morgan fingerprint density at radius 1 is 0.622 bits per heavy atom. The molecule has 5 heteroatoms. The first-order valence-electron chi connectivity index (χ1n) is 12.8. The summed E-state index contributed by atoms with van der Waals surface area (Å²) in [6.45, 7) is 2.93. The van der Waals surface area contributed by atoms with E-state index in [1.54, 1.807) is 0 Å². The number of nitrogens with zero attached hydrogens (tertiary/aromatic N) is 2. The van der Waals surface area contributed by atoms with Crippen molar-refractivity contribution in [2.75, 3.05) is 31.2 Å². The number of oxazole rings is 1. The van der Waals surface area contributed by atoms with Crippen molar-refractivity contribution in [3.8, 4) is 0 Å². The number of hydrogen-bond donors (Lipinski definition) is 0. The fourth-order valence-corrected chi connectivity index (χ4v) is 9.37. The molecule has 0 amide bonds. The van der Waals surface area contributed by atoms with E-state index in [0.29, 0.717) is 19.6 Å². The number of ether oxygens (including phenoxy) is 1. The summed E-state index contributed by atoms with van der Waals surface area (Å²) in [5.74, 6) is 1.62. The van der Waals surface area contributed by atoms with E-state index in [4.69, 9.17) is 14.1 Å². The van der Waals surface area contributed by atoms with E-state index in [9.17, 15) is 0 Å². The molecule has 0 bridgehead atoms. The molecule has 0 saturated carbocycles. The zero-order chi connectivity index (χ0) is 24.9. The number of hydrogen-bond acceptors (Lipinski definition) is 4. The molecule has 4 nitrogen and oxygen atoms in total. The van der Waals surface area contributed by atoms with Crippen LogP contribution in [-0.2, 0) is 11.2 Å². The van der Waals surface area contributed by atoms with Crippen molar-refractivity contribution in [3.63, 3.8) is 0 Å². The summed E-state index contributed by atoms with van der Waals surface area (Å²) in [5.41, 5.74) is 2.22. The minimum Gasteiger partial charge on any atom is -0.420 e. The van der Waals surface area contributed by atoms with Crippen molar-refractivity contribution >= 4 is 34.5 Å². The van der Waals surface area contributed by atoms with E-state index < -0.39 is 7.26 Å². The van der Waals surface area contributed by atoms with Gasteiger partial charge in [-0.15, -0.1) is 0 Å². The fraction of sp³-hybridized carbons (Fsp3) is 0.156. The maximum atomic E-state index is 6.72. The van der Waals surface area contributed by atoms with Crippen LogP contribution in [0.3, 0.4) is 0 Å². The lowest BCUT2D eigenvalue weighted by atomic mass is 10.2. The average molecular weight is 506 g/mol. The minimum absolute atomic E-state index is 0.649. The molecule has 0 spiro atoms. The van der Waals surface area contributed by atoms with Crippen LogP contribution in [-0.4, -0.2) is 31.3 Å². The quantitative estimate of drug-likeness (QED) is 0.300. The Labute approximate surface area is 218 Å². The molecule has 2 heterocycles. The normalized spacial score (nSPS) is 14.0. The van der Waals surface area contributed by atoms with Crippen LogP contribution in [0.5, 0.6) is 0 Å². The SMILES string of the molecule is c1ccc(Cc2nc([P+](c3ccccc3)(c3ccccc3)c3ccccc3)c(N3CCOCC3)o2)cc1. The van der Waals surface area contributed by atoms with Crippen LogP contribution in [0.2, 0.25) is 0 Å². The molecular weight excluding hydrogens is 475 g/mol. The van der Waals surface area contributed by atoms with Gasteiger partial charge >= 0.3 is 0 Å². The molecule has 0 unspecified atom stereocenters.